The maximum absolute atomic E-state index is 15.5. The lowest BCUT2D eigenvalue weighted by molar-refractivity contribution is -0.188. The average molecular weight is 460 g/mol. The lowest BCUT2D eigenvalue weighted by Crippen LogP contribution is -2.63. The van der Waals surface area contributed by atoms with Gasteiger partial charge in [-0.15, -0.1) is 0 Å². The Bertz CT molecular complexity index is 1030. The fourth-order valence-corrected chi connectivity index (χ4v) is 7.84. The SMILES string of the molecule is CC(=O)OCC(=O)[C@@]1(OC(C)=O)CC[C@H]2C3C[C@H](F)C4=CC(=O)C=C[C@]4(C)C34O[C@@H]4C[C@@]21C. The third-order valence-electron chi connectivity index (χ3n) is 9.22. The third-order valence-corrected chi connectivity index (χ3v) is 9.22. The average Bonchev–Trinajstić information content (AvgIpc) is 3.38. The van der Waals surface area contributed by atoms with Crippen LogP contribution in [0.25, 0.3) is 0 Å². The van der Waals surface area contributed by atoms with E-state index in [1.807, 2.05) is 13.8 Å². The van der Waals surface area contributed by atoms with Crippen molar-refractivity contribution in [2.45, 2.75) is 76.9 Å². The van der Waals surface area contributed by atoms with Crippen LogP contribution in [0.5, 0.6) is 0 Å². The summed E-state index contributed by atoms with van der Waals surface area (Å²) in [4.78, 5) is 48.9. The van der Waals surface area contributed by atoms with Gasteiger partial charge in [-0.05, 0) is 62.2 Å². The number of rotatable bonds is 4. The zero-order chi connectivity index (χ0) is 24.0. The highest BCUT2D eigenvalue weighted by atomic mass is 19.1. The maximum atomic E-state index is 15.5. The number of carbonyl (C=O) groups excluding carboxylic acids is 4. The standard InChI is InChI=1S/C25H29FO7/c1-13(27)31-12-20(30)24(32-14(2)28)8-6-16-17-10-19(26)18-9-15(29)5-7-22(18,3)25(17)21(33-25)11-23(16,24)4/h5,7,9,16-17,19,21H,6,8,10-12H2,1-4H3/t16-,17?,19-,21+,22-,23-,24-,25?/m0/s1. The van der Waals surface area contributed by atoms with Gasteiger partial charge in [-0.25, -0.2) is 4.39 Å². The van der Waals surface area contributed by atoms with Crippen LogP contribution in [0.3, 0.4) is 0 Å². The Morgan fingerprint density at radius 2 is 1.91 bits per heavy atom. The Morgan fingerprint density at radius 1 is 1.18 bits per heavy atom. The zero-order valence-corrected chi connectivity index (χ0v) is 19.3. The molecular weight excluding hydrogens is 431 g/mol. The molecule has 0 aromatic rings. The van der Waals surface area contributed by atoms with Crippen LogP contribution in [-0.4, -0.2) is 53.6 Å². The summed E-state index contributed by atoms with van der Waals surface area (Å²) >= 11 is 0. The van der Waals surface area contributed by atoms with Crippen molar-refractivity contribution in [1.82, 2.24) is 0 Å². The highest BCUT2D eigenvalue weighted by molar-refractivity contribution is 6.01. The Kier molecular flexibility index (Phi) is 4.65. The van der Waals surface area contributed by atoms with E-state index in [1.165, 1.54) is 26.0 Å². The molecule has 0 aromatic carbocycles. The molecule has 1 spiro atoms. The molecule has 33 heavy (non-hydrogen) atoms. The number of fused-ring (bicyclic) bond motifs is 3. The molecule has 1 heterocycles. The molecule has 2 unspecified atom stereocenters. The van der Waals surface area contributed by atoms with E-state index in [0.29, 0.717) is 18.4 Å². The first kappa shape index (κ1) is 22.4. The van der Waals surface area contributed by atoms with Gasteiger partial charge in [0.25, 0.3) is 0 Å². The van der Waals surface area contributed by atoms with E-state index in [4.69, 9.17) is 14.2 Å². The smallest absolute Gasteiger partial charge is 0.303 e. The van der Waals surface area contributed by atoms with Gasteiger partial charge < -0.3 is 14.2 Å². The maximum Gasteiger partial charge on any atom is 0.303 e. The number of esters is 2. The second-order valence-corrected chi connectivity index (χ2v) is 10.6. The van der Waals surface area contributed by atoms with Crippen molar-refractivity contribution in [2.24, 2.45) is 22.7 Å². The van der Waals surface area contributed by atoms with Crippen molar-refractivity contribution >= 4 is 23.5 Å². The number of ether oxygens (including phenoxy) is 3. The second kappa shape index (κ2) is 6.84. The molecule has 178 valence electrons. The summed E-state index contributed by atoms with van der Waals surface area (Å²) in [5, 5.41) is 0. The molecule has 0 N–H and O–H groups in total. The molecule has 5 rings (SSSR count). The summed E-state index contributed by atoms with van der Waals surface area (Å²) in [7, 11) is 0. The zero-order valence-electron chi connectivity index (χ0n) is 19.3. The van der Waals surface area contributed by atoms with E-state index in [-0.39, 0.29) is 36.6 Å². The molecule has 8 atom stereocenters. The Hall–Kier alpha value is -2.35. The molecule has 7 nitrogen and oxygen atoms in total. The molecule has 0 bridgehead atoms. The third kappa shape index (κ3) is 2.70. The lowest BCUT2D eigenvalue weighted by Gasteiger charge is -2.56. The minimum Gasteiger partial charge on any atom is -0.458 e. The number of epoxide rings is 1. The van der Waals surface area contributed by atoms with Gasteiger partial charge in [0.2, 0.25) is 5.78 Å². The summed E-state index contributed by atoms with van der Waals surface area (Å²) in [5.74, 6) is -2.20. The van der Waals surface area contributed by atoms with E-state index in [1.54, 1.807) is 6.08 Å². The van der Waals surface area contributed by atoms with Crippen molar-refractivity contribution < 1.29 is 37.8 Å². The van der Waals surface area contributed by atoms with Crippen LogP contribution in [0.15, 0.2) is 23.8 Å². The van der Waals surface area contributed by atoms with Crippen LogP contribution in [0.2, 0.25) is 0 Å². The number of hydrogen-bond donors (Lipinski definition) is 0. The predicted molar refractivity (Wildman–Crippen MR) is 113 cm³/mol. The lowest BCUT2D eigenvalue weighted by atomic mass is 9.46. The van der Waals surface area contributed by atoms with Crippen molar-refractivity contribution in [3.63, 3.8) is 0 Å². The largest absolute Gasteiger partial charge is 0.458 e. The Labute approximate surface area is 191 Å². The molecule has 0 amide bonds. The monoisotopic (exact) mass is 460 g/mol. The molecule has 4 aliphatic carbocycles. The normalized spacial score (nSPS) is 46.8. The summed E-state index contributed by atoms with van der Waals surface area (Å²) in [6.07, 6.45) is 4.60. The van der Waals surface area contributed by atoms with Crippen molar-refractivity contribution in [3.05, 3.63) is 23.8 Å². The van der Waals surface area contributed by atoms with E-state index in [0.717, 1.165) is 0 Å². The number of alkyl halides is 1. The highest BCUT2D eigenvalue weighted by Crippen LogP contribution is 2.76. The van der Waals surface area contributed by atoms with Crippen LogP contribution in [-0.2, 0) is 33.4 Å². The molecule has 0 radical (unpaired) electrons. The summed E-state index contributed by atoms with van der Waals surface area (Å²) in [6.45, 7) is 5.86. The molecule has 1 saturated heterocycles. The Morgan fingerprint density at radius 3 is 2.58 bits per heavy atom. The van der Waals surface area contributed by atoms with Gasteiger partial charge in [0.1, 0.15) is 11.8 Å². The highest BCUT2D eigenvalue weighted by Gasteiger charge is 2.82. The van der Waals surface area contributed by atoms with Gasteiger partial charge in [0, 0.05) is 24.7 Å². The number of ketones is 2. The Balaban J connectivity index is 1.56. The molecule has 1 aliphatic heterocycles. The molecule has 8 heteroatoms. The number of halogens is 1. The van der Waals surface area contributed by atoms with Gasteiger partial charge in [0.05, 0.1) is 6.10 Å². The minimum absolute atomic E-state index is 0.139. The number of hydrogen-bond acceptors (Lipinski definition) is 7. The summed E-state index contributed by atoms with van der Waals surface area (Å²) in [6, 6.07) is 0. The van der Waals surface area contributed by atoms with E-state index < -0.39 is 52.5 Å². The quantitative estimate of drug-likeness (QED) is 0.470. The molecule has 3 saturated carbocycles. The minimum atomic E-state index is -1.46. The fourth-order valence-electron chi connectivity index (χ4n) is 7.84. The first-order valence-corrected chi connectivity index (χ1v) is 11.5. The van der Waals surface area contributed by atoms with Crippen LogP contribution in [0.4, 0.5) is 4.39 Å². The summed E-state index contributed by atoms with van der Waals surface area (Å²) in [5.41, 5.74) is -3.18. The van der Waals surface area contributed by atoms with Gasteiger partial charge in [0.15, 0.2) is 18.0 Å². The van der Waals surface area contributed by atoms with Crippen LogP contribution in [0.1, 0.15) is 53.4 Å². The number of allylic oxidation sites excluding steroid dienone is 2. The van der Waals surface area contributed by atoms with Crippen LogP contribution in [0, 0.1) is 22.7 Å². The van der Waals surface area contributed by atoms with E-state index >= 15 is 4.39 Å². The van der Waals surface area contributed by atoms with Gasteiger partial charge in [-0.3, -0.25) is 19.2 Å². The van der Waals surface area contributed by atoms with Crippen LogP contribution >= 0.6 is 0 Å². The molecular formula is C25H29FO7. The predicted octanol–water partition coefficient (Wildman–Crippen LogP) is 2.81. The first-order valence-electron chi connectivity index (χ1n) is 11.5. The molecule has 0 aromatic heterocycles. The van der Waals surface area contributed by atoms with Gasteiger partial charge >= 0.3 is 11.9 Å². The van der Waals surface area contributed by atoms with E-state index in [2.05, 4.69) is 0 Å². The topological polar surface area (TPSA) is 99.3 Å². The molecule has 5 aliphatic rings. The second-order valence-electron chi connectivity index (χ2n) is 10.6. The van der Waals surface area contributed by atoms with Crippen molar-refractivity contribution in [1.29, 1.82) is 0 Å². The van der Waals surface area contributed by atoms with Crippen molar-refractivity contribution in [3.8, 4) is 0 Å². The first-order chi connectivity index (χ1) is 15.4. The molecule has 4 fully saturated rings. The summed E-state index contributed by atoms with van der Waals surface area (Å²) < 4.78 is 32.7. The number of carbonyl (C=O) groups is 4. The fraction of sp³-hybridized carbons (Fsp3) is 0.680. The van der Waals surface area contributed by atoms with E-state index in [9.17, 15) is 19.2 Å². The van der Waals surface area contributed by atoms with Gasteiger partial charge in [-0.1, -0.05) is 13.0 Å². The van der Waals surface area contributed by atoms with Gasteiger partial charge in [-0.2, -0.15) is 0 Å². The van der Waals surface area contributed by atoms with Crippen molar-refractivity contribution in [2.75, 3.05) is 6.61 Å². The number of Topliss-reactive ketones (excluding diaryl/α,β-unsaturated/α-hetero) is 1. The van der Waals surface area contributed by atoms with Crippen LogP contribution < -0.4 is 0 Å².